The molecule has 4 rings (SSSR count). The Labute approximate surface area is 174 Å². The zero-order valence-electron chi connectivity index (χ0n) is 16.6. The topological polar surface area (TPSA) is 106 Å². The fourth-order valence-corrected chi connectivity index (χ4v) is 3.58. The van der Waals surface area contributed by atoms with Gasteiger partial charge in [0.05, 0.1) is 12.1 Å². The van der Waals surface area contributed by atoms with Gasteiger partial charge in [0.1, 0.15) is 5.01 Å². The third-order valence-electron chi connectivity index (χ3n) is 4.36. The molecule has 152 valence electrons. The van der Waals surface area contributed by atoms with Gasteiger partial charge in [-0.15, -0.1) is 15.3 Å². The van der Waals surface area contributed by atoms with Crippen LogP contribution in [-0.4, -0.2) is 37.8 Å². The molecule has 29 heavy (non-hydrogen) atoms. The number of anilines is 2. The summed E-state index contributed by atoms with van der Waals surface area (Å²) in [5, 5.41) is 24.0. The maximum absolute atomic E-state index is 11.6. The largest absolute Gasteiger partial charge is 0.360 e. The Morgan fingerprint density at radius 3 is 2.62 bits per heavy atom. The Kier molecular flexibility index (Phi) is 7.57. The minimum atomic E-state index is -0.151. The number of carbonyl (C=O) groups excluding carboxylic acids is 1. The molecule has 1 aliphatic carbocycles. The Morgan fingerprint density at radius 1 is 1.14 bits per heavy atom. The molecule has 1 fully saturated rings. The van der Waals surface area contributed by atoms with Gasteiger partial charge in [0.25, 0.3) is 0 Å². The lowest BCUT2D eigenvalue weighted by Crippen LogP contribution is -2.16. The summed E-state index contributed by atoms with van der Waals surface area (Å²) in [4.78, 5) is 15.7. The van der Waals surface area contributed by atoms with E-state index in [9.17, 15) is 4.79 Å². The smallest absolute Gasteiger partial charge is 0.231 e. The number of pyridine rings is 1. The summed E-state index contributed by atoms with van der Waals surface area (Å²) in [5.41, 5.74) is 1.54. The number of hydrogen-bond acceptors (Lipinski definition) is 8. The average molecular weight is 412 g/mol. The molecule has 3 aromatic heterocycles. The fraction of sp³-hybridized carbons (Fsp3) is 0.400. The molecule has 1 amide bonds. The quantitative estimate of drug-likeness (QED) is 0.638. The van der Waals surface area contributed by atoms with Crippen molar-refractivity contribution in [1.29, 1.82) is 0 Å². The molecule has 0 atom stereocenters. The molecule has 3 aromatic rings. The Bertz CT molecular complexity index is 895. The maximum Gasteiger partial charge on any atom is 0.231 e. The standard InChI is InChI=1S/C12H12N4O.C8H13N3S/c1-9-5-6-11(16-15-9)14-12(17)8-10-4-2-3-7-13-10;1-2-9-8-11-10-7(12-8)6-4-3-5-6/h2-7H,8H2,1H3,(H,14,16,17);6H,2-5H2,1H3,(H,9,11). The van der Waals surface area contributed by atoms with Crippen molar-refractivity contribution in [3.05, 3.63) is 52.9 Å². The molecule has 8 nitrogen and oxygen atoms in total. The van der Waals surface area contributed by atoms with E-state index in [0.29, 0.717) is 5.82 Å². The van der Waals surface area contributed by atoms with E-state index in [-0.39, 0.29) is 12.3 Å². The minimum absolute atomic E-state index is 0.151. The first kappa shape index (κ1) is 20.8. The molecular formula is C20H25N7OS. The summed E-state index contributed by atoms with van der Waals surface area (Å²) >= 11 is 1.71. The molecule has 2 N–H and O–H groups in total. The monoisotopic (exact) mass is 411 g/mol. The van der Waals surface area contributed by atoms with E-state index < -0.39 is 0 Å². The number of hydrogen-bond donors (Lipinski definition) is 2. The van der Waals surface area contributed by atoms with Crippen LogP contribution in [0.3, 0.4) is 0 Å². The van der Waals surface area contributed by atoms with E-state index in [1.165, 1.54) is 24.3 Å². The second-order valence-corrected chi connectivity index (χ2v) is 7.72. The van der Waals surface area contributed by atoms with Crippen LogP contribution in [-0.2, 0) is 11.2 Å². The first-order valence-corrected chi connectivity index (χ1v) is 10.5. The number of aryl methyl sites for hydroxylation is 1. The zero-order valence-corrected chi connectivity index (χ0v) is 17.4. The van der Waals surface area contributed by atoms with Crippen molar-refractivity contribution in [3.8, 4) is 0 Å². The SMILES string of the molecule is CCNc1nnc(C2CCC2)s1.Cc1ccc(NC(=O)Cc2ccccn2)nn1. The van der Waals surface area contributed by atoms with Crippen molar-refractivity contribution >= 4 is 28.2 Å². The highest BCUT2D eigenvalue weighted by atomic mass is 32.1. The van der Waals surface area contributed by atoms with Crippen LogP contribution >= 0.6 is 11.3 Å². The number of nitrogens with one attached hydrogen (secondary N) is 2. The van der Waals surface area contributed by atoms with Crippen molar-refractivity contribution in [1.82, 2.24) is 25.4 Å². The minimum Gasteiger partial charge on any atom is -0.360 e. The lowest BCUT2D eigenvalue weighted by Gasteiger charge is -2.21. The van der Waals surface area contributed by atoms with E-state index in [2.05, 4.69) is 42.9 Å². The number of carbonyl (C=O) groups is 1. The lowest BCUT2D eigenvalue weighted by molar-refractivity contribution is -0.115. The van der Waals surface area contributed by atoms with Crippen molar-refractivity contribution in [2.75, 3.05) is 17.2 Å². The first-order chi connectivity index (χ1) is 14.1. The third-order valence-corrected chi connectivity index (χ3v) is 5.40. The van der Waals surface area contributed by atoms with Gasteiger partial charge in [0, 0.05) is 24.4 Å². The molecule has 0 saturated heterocycles. The molecule has 0 aliphatic heterocycles. The predicted octanol–water partition coefficient (Wildman–Crippen LogP) is 3.60. The number of aromatic nitrogens is 5. The Morgan fingerprint density at radius 2 is 2.00 bits per heavy atom. The highest BCUT2D eigenvalue weighted by molar-refractivity contribution is 7.15. The number of amides is 1. The maximum atomic E-state index is 11.6. The van der Waals surface area contributed by atoms with Crippen LogP contribution in [0.1, 0.15) is 48.5 Å². The molecule has 0 aromatic carbocycles. The van der Waals surface area contributed by atoms with E-state index in [4.69, 9.17) is 0 Å². The molecule has 0 unspecified atom stereocenters. The Hall–Kier alpha value is -2.94. The van der Waals surface area contributed by atoms with Crippen molar-refractivity contribution < 1.29 is 4.79 Å². The summed E-state index contributed by atoms with van der Waals surface area (Å²) in [7, 11) is 0. The van der Waals surface area contributed by atoms with Crippen molar-refractivity contribution in [3.63, 3.8) is 0 Å². The lowest BCUT2D eigenvalue weighted by atomic mass is 9.86. The second kappa shape index (κ2) is 10.6. The predicted molar refractivity (Wildman–Crippen MR) is 114 cm³/mol. The highest BCUT2D eigenvalue weighted by Gasteiger charge is 2.23. The molecule has 3 heterocycles. The normalized spacial score (nSPS) is 13.0. The van der Waals surface area contributed by atoms with E-state index in [1.54, 1.807) is 35.7 Å². The van der Waals surface area contributed by atoms with Crippen LogP contribution < -0.4 is 10.6 Å². The van der Waals surface area contributed by atoms with Gasteiger partial charge >= 0.3 is 0 Å². The summed E-state index contributed by atoms with van der Waals surface area (Å²) in [6.07, 6.45) is 5.87. The van der Waals surface area contributed by atoms with Crippen molar-refractivity contribution in [2.24, 2.45) is 0 Å². The fourth-order valence-electron chi connectivity index (χ4n) is 2.60. The molecule has 0 bridgehead atoms. The second-order valence-electron chi connectivity index (χ2n) is 6.71. The van der Waals surface area contributed by atoms with E-state index >= 15 is 0 Å². The molecule has 9 heteroatoms. The van der Waals surface area contributed by atoms with Crippen LogP contribution in [0, 0.1) is 6.92 Å². The highest BCUT2D eigenvalue weighted by Crippen LogP contribution is 2.38. The summed E-state index contributed by atoms with van der Waals surface area (Å²) in [5.74, 6) is 1.02. The van der Waals surface area contributed by atoms with E-state index in [0.717, 1.165) is 29.0 Å². The van der Waals surface area contributed by atoms with Crippen molar-refractivity contribution in [2.45, 2.75) is 45.4 Å². The summed E-state index contributed by atoms with van der Waals surface area (Å²) in [6, 6.07) is 8.98. The third kappa shape index (κ3) is 6.56. The zero-order chi connectivity index (χ0) is 20.5. The number of nitrogens with zero attached hydrogens (tertiary/aromatic N) is 5. The van der Waals surface area contributed by atoms with Gasteiger partial charge < -0.3 is 10.6 Å². The van der Waals surface area contributed by atoms with Crippen LogP contribution in [0.2, 0.25) is 0 Å². The molecule has 0 spiro atoms. The molecule has 1 aliphatic rings. The summed E-state index contributed by atoms with van der Waals surface area (Å²) < 4.78 is 0. The van der Waals surface area contributed by atoms with Gasteiger partial charge in [-0.1, -0.05) is 23.8 Å². The van der Waals surface area contributed by atoms with E-state index in [1.807, 2.05) is 19.1 Å². The van der Waals surface area contributed by atoms with Crippen LogP contribution in [0.25, 0.3) is 0 Å². The van der Waals surface area contributed by atoms with Gasteiger partial charge in [-0.25, -0.2) is 0 Å². The first-order valence-electron chi connectivity index (χ1n) is 9.71. The van der Waals surface area contributed by atoms with Crippen LogP contribution in [0.4, 0.5) is 10.9 Å². The number of rotatable bonds is 6. The molecular weight excluding hydrogens is 386 g/mol. The van der Waals surface area contributed by atoms with Crippen LogP contribution in [0.5, 0.6) is 0 Å². The van der Waals surface area contributed by atoms with Gasteiger partial charge in [-0.3, -0.25) is 9.78 Å². The average Bonchev–Trinajstić information content (AvgIpc) is 3.12. The van der Waals surface area contributed by atoms with Gasteiger partial charge in [-0.05, 0) is 51.0 Å². The molecule has 0 radical (unpaired) electrons. The summed E-state index contributed by atoms with van der Waals surface area (Å²) in [6.45, 7) is 4.84. The van der Waals surface area contributed by atoms with Crippen LogP contribution in [0.15, 0.2) is 36.5 Å². The Balaban J connectivity index is 0.000000176. The van der Waals surface area contributed by atoms with Gasteiger partial charge in [0.15, 0.2) is 5.82 Å². The van der Waals surface area contributed by atoms with Gasteiger partial charge in [-0.2, -0.15) is 5.10 Å². The van der Waals surface area contributed by atoms with Gasteiger partial charge in [0.2, 0.25) is 11.0 Å². The molecule has 1 saturated carbocycles.